The lowest BCUT2D eigenvalue weighted by Gasteiger charge is -2.01. The van der Waals surface area contributed by atoms with Crippen LogP contribution < -0.4 is 5.73 Å². The Morgan fingerprint density at radius 1 is 1.31 bits per heavy atom. The second-order valence-corrected chi connectivity index (χ2v) is 4.02. The zero-order valence-corrected chi connectivity index (χ0v) is 9.16. The fraction of sp³-hybridized carbons (Fsp3) is 0.333. The van der Waals surface area contributed by atoms with E-state index in [0.29, 0.717) is 17.0 Å². The number of rotatable bonds is 1. The van der Waals surface area contributed by atoms with E-state index >= 15 is 0 Å². The number of halogens is 3. The first kappa shape index (κ1) is 11.1. The summed E-state index contributed by atoms with van der Waals surface area (Å²) >= 11 is 11.8. The Hall–Kier alpha value is 0.0500. The van der Waals surface area contributed by atoms with Gasteiger partial charge in [0.1, 0.15) is 0 Å². The molecule has 1 aliphatic carbocycles. The van der Waals surface area contributed by atoms with Crippen LogP contribution in [0.15, 0.2) is 18.2 Å². The van der Waals surface area contributed by atoms with Gasteiger partial charge in [-0.3, -0.25) is 0 Å². The van der Waals surface area contributed by atoms with E-state index in [1.54, 1.807) is 6.07 Å². The average Bonchev–Trinajstić information content (AvgIpc) is 2.66. The number of hydrogen-bond donors (Lipinski definition) is 1. The maximum absolute atomic E-state index is 5.99. The van der Waals surface area contributed by atoms with Crippen molar-refractivity contribution in [1.29, 1.82) is 0 Å². The Kier molecular flexibility index (Phi) is 3.47. The van der Waals surface area contributed by atoms with Crippen molar-refractivity contribution in [3.8, 4) is 0 Å². The van der Waals surface area contributed by atoms with Crippen molar-refractivity contribution in [1.82, 2.24) is 0 Å². The molecule has 2 atom stereocenters. The third-order valence-electron chi connectivity index (χ3n) is 2.20. The van der Waals surface area contributed by atoms with Gasteiger partial charge >= 0.3 is 0 Å². The lowest BCUT2D eigenvalue weighted by Crippen LogP contribution is -2.01. The molecule has 0 radical (unpaired) electrons. The zero-order chi connectivity index (χ0) is 8.72. The fourth-order valence-electron chi connectivity index (χ4n) is 1.37. The Morgan fingerprint density at radius 3 is 2.38 bits per heavy atom. The van der Waals surface area contributed by atoms with Crippen LogP contribution in [-0.2, 0) is 0 Å². The summed E-state index contributed by atoms with van der Waals surface area (Å²) in [6.45, 7) is 0. The van der Waals surface area contributed by atoms with Crippen LogP contribution >= 0.6 is 35.6 Å². The highest BCUT2D eigenvalue weighted by atomic mass is 35.5. The van der Waals surface area contributed by atoms with Crippen LogP contribution in [0.3, 0.4) is 0 Å². The molecule has 0 aromatic heterocycles. The molecule has 0 bridgehead atoms. The van der Waals surface area contributed by atoms with Gasteiger partial charge in [-0.2, -0.15) is 0 Å². The molecule has 1 fully saturated rings. The van der Waals surface area contributed by atoms with Crippen LogP contribution in [0.5, 0.6) is 0 Å². The molecule has 2 rings (SSSR count). The van der Waals surface area contributed by atoms with Crippen LogP contribution in [0.2, 0.25) is 10.0 Å². The molecule has 72 valence electrons. The largest absolute Gasteiger partial charge is 0.327 e. The maximum Gasteiger partial charge on any atom is 0.0456 e. The van der Waals surface area contributed by atoms with E-state index in [9.17, 15) is 0 Å². The van der Waals surface area contributed by atoms with Gasteiger partial charge in [0, 0.05) is 22.0 Å². The van der Waals surface area contributed by atoms with Crippen molar-refractivity contribution in [3.63, 3.8) is 0 Å². The molecule has 2 N–H and O–H groups in total. The molecule has 13 heavy (non-hydrogen) atoms. The lowest BCUT2D eigenvalue weighted by molar-refractivity contribution is 0.991. The second-order valence-electron chi connectivity index (χ2n) is 3.17. The van der Waals surface area contributed by atoms with Crippen molar-refractivity contribution in [2.24, 2.45) is 5.73 Å². The molecule has 0 saturated heterocycles. The van der Waals surface area contributed by atoms with Crippen molar-refractivity contribution < 1.29 is 0 Å². The monoisotopic (exact) mass is 237 g/mol. The smallest absolute Gasteiger partial charge is 0.0456 e. The Bertz CT molecular complexity index is 314. The third kappa shape index (κ3) is 2.29. The van der Waals surface area contributed by atoms with Gasteiger partial charge in [0.2, 0.25) is 0 Å². The van der Waals surface area contributed by atoms with Gasteiger partial charge in [0.05, 0.1) is 0 Å². The van der Waals surface area contributed by atoms with Crippen molar-refractivity contribution >= 4 is 35.6 Å². The zero-order valence-electron chi connectivity index (χ0n) is 6.84. The van der Waals surface area contributed by atoms with Crippen LogP contribution in [0.4, 0.5) is 0 Å². The summed E-state index contributed by atoms with van der Waals surface area (Å²) in [6.07, 6.45) is 1.04. The summed E-state index contributed by atoms with van der Waals surface area (Å²) in [5.41, 5.74) is 6.85. The van der Waals surface area contributed by atoms with Crippen LogP contribution in [0.25, 0.3) is 0 Å². The van der Waals surface area contributed by atoms with Crippen molar-refractivity contribution in [2.75, 3.05) is 0 Å². The van der Waals surface area contributed by atoms with Gasteiger partial charge in [-0.25, -0.2) is 0 Å². The first-order valence-electron chi connectivity index (χ1n) is 3.89. The minimum Gasteiger partial charge on any atom is -0.327 e. The fourth-order valence-corrected chi connectivity index (χ4v) is 1.92. The highest BCUT2D eigenvalue weighted by molar-refractivity contribution is 6.35. The normalized spacial score (nSPS) is 25.2. The van der Waals surface area contributed by atoms with E-state index in [1.807, 2.05) is 12.1 Å². The predicted octanol–water partition coefficient (Wildman–Crippen LogP) is 3.23. The summed E-state index contributed by atoms with van der Waals surface area (Å²) < 4.78 is 0. The summed E-state index contributed by atoms with van der Waals surface area (Å²) in [4.78, 5) is 0. The van der Waals surface area contributed by atoms with Gasteiger partial charge in [-0.1, -0.05) is 29.3 Å². The lowest BCUT2D eigenvalue weighted by atomic mass is 10.1. The molecule has 0 heterocycles. The average molecular weight is 239 g/mol. The number of benzene rings is 1. The molecule has 1 nitrogen and oxygen atoms in total. The predicted molar refractivity (Wildman–Crippen MR) is 59.0 cm³/mol. The van der Waals surface area contributed by atoms with Crippen LogP contribution in [0.1, 0.15) is 17.9 Å². The molecule has 1 aromatic carbocycles. The highest BCUT2D eigenvalue weighted by Crippen LogP contribution is 2.42. The molecule has 0 spiro atoms. The minimum absolute atomic E-state index is 0. The second kappa shape index (κ2) is 4.05. The summed E-state index contributed by atoms with van der Waals surface area (Å²) in [5, 5.41) is 1.42. The number of nitrogens with two attached hydrogens (primary N) is 1. The molecule has 1 saturated carbocycles. The third-order valence-corrected chi connectivity index (χ3v) is 2.76. The van der Waals surface area contributed by atoms with Gasteiger partial charge in [0.15, 0.2) is 0 Å². The summed E-state index contributed by atoms with van der Waals surface area (Å²) in [6, 6.07) is 5.88. The van der Waals surface area contributed by atoms with E-state index in [1.165, 1.54) is 0 Å². The minimum atomic E-state index is 0. The van der Waals surface area contributed by atoms with E-state index < -0.39 is 0 Å². The highest BCUT2D eigenvalue weighted by Gasteiger charge is 2.36. The quantitative estimate of drug-likeness (QED) is 0.799. The molecule has 0 amide bonds. The molecule has 0 aliphatic heterocycles. The molecular weight excluding hydrogens is 228 g/mol. The maximum atomic E-state index is 5.99. The SMILES string of the molecule is Cl.NC1CC1c1ccc(Cl)cc1Cl. The first-order valence-corrected chi connectivity index (χ1v) is 4.64. The van der Waals surface area contributed by atoms with Gasteiger partial charge in [0.25, 0.3) is 0 Å². The molecule has 1 aliphatic rings. The van der Waals surface area contributed by atoms with E-state index in [4.69, 9.17) is 28.9 Å². The molecule has 4 heteroatoms. The van der Waals surface area contributed by atoms with E-state index in [0.717, 1.165) is 17.0 Å². The van der Waals surface area contributed by atoms with Gasteiger partial charge in [-0.05, 0) is 24.1 Å². The van der Waals surface area contributed by atoms with Gasteiger partial charge in [-0.15, -0.1) is 12.4 Å². The Morgan fingerprint density at radius 2 is 1.92 bits per heavy atom. The number of hydrogen-bond acceptors (Lipinski definition) is 1. The topological polar surface area (TPSA) is 26.0 Å². The first-order chi connectivity index (χ1) is 5.68. The van der Waals surface area contributed by atoms with E-state index in [-0.39, 0.29) is 12.4 Å². The Labute approximate surface area is 93.6 Å². The van der Waals surface area contributed by atoms with Crippen molar-refractivity contribution in [3.05, 3.63) is 33.8 Å². The summed E-state index contributed by atoms with van der Waals surface area (Å²) in [5.74, 6) is 0.453. The molecular formula is C9H10Cl3N. The molecule has 2 unspecified atom stereocenters. The summed E-state index contributed by atoms with van der Waals surface area (Å²) in [7, 11) is 0. The van der Waals surface area contributed by atoms with Crippen LogP contribution in [0, 0.1) is 0 Å². The Balaban J connectivity index is 0.000000845. The van der Waals surface area contributed by atoms with Crippen LogP contribution in [-0.4, -0.2) is 6.04 Å². The van der Waals surface area contributed by atoms with Crippen molar-refractivity contribution in [2.45, 2.75) is 18.4 Å². The van der Waals surface area contributed by atoms with E-state index in [2.05, 4.69) is 0 Å². The molecule has 1 aromatic rings. The van der Waals surface area contributed by atoms with Gasteiger partial charge < -0.3 is 5.73 Å². The standard InChI is InChI=1S/C9H9Cl2N.ClH/c10-5-1-2-6(8(11)3-5)7-4-9(7)12;/h1-3,7,9H,4,12H2;1H.